The number of carbonyl (C=O) groups excluding carboxylic acids is 5. The van der Waals surface area contributed by atoms with Gasteiger partial charge in [0.2, 0.25) is 23.6 Å². The van der Waals surface area contributed by atoms with Gasteiger partial charge in [-0.2, -0.15) is 0 Å². The first-order valence-corrected chi connectivity index (χ1v) is 14.2. The number of nitrogens with one attached hydrogen (secondary N) is 3. The molecule has 0 radical (unpaired) electrons. The molecule has 2 aromatic carbocycles. The maximum Gasteiger partial charge on any atom is 0.256 e. The highest BCUT2D eigenvalue weighted by molar-refractivity contribution is 6.07. The molecule has 0 saturated carbocycles. The van der Waals surface area contributed by atoms with Crippen LogP contribution in [0.1, 0.15) is 56.0 Å². The molecule has 4 rings (SSSR count). The van der Waals surface area contributed by atoms with Crippen molar-refractivity contribution >= 4 is 35.2 Å². The summed E-state index contributed by atoms with van der Waals surface area (Å²) in [4.78, 5) is 71.0. The molecule has 0 aromatic heterocycles. The minimum absolute atomic E-state index is 0.221. The van der Waals surface area contributed by atoms with Crippen LogP contribution in [-0.2, 0) is 25.6 Å². The number of para-hydroxylation sites is 1. The quantitative estimate of drug-likeness (QED) is 0.528. The van der Waals surface area contributed by atoms with Gasteiger partial charge in [0.05, 0.1) is 11.3 Å². The normalized spacial score (nSPS) is 25.1. The molecule has 0 unspecified atom stereocenters. The highest BCUT2D eigenvalue weighted by Crippen LogP contribution is 2.26. The number of hydrogen-bond donors (Lipinski definition) is 3. The van der Waals surface area contributed by atoms with Crippen LogP contribution < -0.4 is 16.0 Å². The van der Waals surface area contributed by atoms with Gasteiger partial charge in [-0.05, 0) is 43.4 Å². The fourth-order valence-electron chi connectivity index (χ4n) is 5.40. The third-order valence-corrected chi connectivity index (χ3v) is 8.15. The Bertz CT molecular complexity index is 1300. The predicted octanol–water partition coefficient (Wildman–Crippen LogP) is 2.35. The summed E-state index contributed by atoms with van der Waals surface area (Å²) in [5.74, 6) is -2.43. The minimum Gasteiger partial charge on any atom is -0.343 e. The van der Waals surface area contributed by atoms with Gasteiger partial charge < -0.3 is 25.8 Å². The van der Waals surface area contributed by atoms with Crippen LogP contribution in [0.15, 0.2) is 54.6 Å². The molecule has 10 heteroatoms. The van der Waals surface area contributed by atoms with Crippen LogP contribution in [0.25, 0.3) is 0 Å². The number of amides is 5. The molecule has 2 heterocycles. The van der Waals surface area contributed by atoms with Crippen molar-refractivity contribution in [2.45, 2.75) is 70.6 Å². The first-order valence-electron chi connectivity index (χ1n) is 14.2. The molecule has 0 bridgehead atoms. The molecule has 218 valence electrons. The number of likely N-dealkylation sites (N-methyl/N-ethyl adjacent to an activating group) is 1. The summed E-state index contributed by atoms with van der Waals surface area (Å²) in [6.07, 6.45) is 1.93. The molecule has 0 spiro atoms. The number of nitrogens with zero attached hydrogens (tertiary/aromatic N) is 2. The molecule has 3 N–H and O–H groups in total. The van der Waals surface area contributed by atoms with Crippen LogP contribution in [0, 0.1) is 5.92 Å². The van der Waals surface area contributed by atoms with Crippen molar-refractivity contribution in [1.82, 2.24) is 20.4 Å². The van der Waals surface area contributed by atoms with E-state index in [-0.39, 0.29) is 29.7 Å². The summed E-state index contributed by atoms with van der Waals surface area (Å²) >= 11 is 0. The fourth-order valence-corrected chi connectivity index (χ4v) is 5.40. The summed E-state index contributed by atoms with van der Waals surface area (Å²) in [5.41, 5.74) is 1.42. The molecule has 2 aliphatic rings. The third kappa shape index (κ3) is 6.58. The van der Waals surface area contributed by atoms with Gasteiger partial charge in [0, 0.05) is 20.0 Å². The molecular formula is C31H39N5O5. The molecule has 5 amide bonds. The monoisotopic (exact) mass is 561 g/mol. The number of hydrogen-bond acceptors (Lipinski definition) is 5. The van der Waals surface area contributed by atoms with Crippen LogP contribution in [0.5, 0.6) is 0 Å². The maximum atomic E-state index is 13.9. The van der Waals surface area contributed by atoms with Gasteiger partial charge in [-0.3, -0.25) is 24.0 Å². The zero-order valence-electron chi connectivity index (χ0n) is 24.1. The first-order chi connectivity index (χ1) is 19.6. The Balaban J connectivity index is 1.77. The second-order valence-electron chi connectivity index (χ2n) is 10.9. The lowest BCUT2D eigenvalue weighted by Gasteiger charge is -2.34. The van der Waals surface area contributed by atoms with E-state index in [4.69, 9.17) is 0 Å². The van der Waals surface area contributed by atoms with Crippen molar-refractivity contribution < 1.29 is 24.0 Å². The van der Waals surface area contributed by atoms with E-state index in [1.165, 1.54) is 9.80 Å². The lowest BCUT2D eigenvalue weighted by molar-refractivity contribution is -0.142. The standard InChI is InChI=1S/C31H39N5O5/c1-5-19(2)26-29(39)33-23-15-10-9-14-22(23)30(40)36-17-11-16-24(36)31(41)35(4)25(18-21-12-7-6-8-13-21)28(38)32-20(3)27(37)34-26/h6-10,12-15,19-20,24-26H,5,11,16-18H2,1-4H3,(H,32,38)(H,33,39)(H,34,37)/t19-,20+,24-,25+,26-/m0/s1. The molecule has 2 aromatic rings. The SMILES string of the molecule is CC[C@H](C)[C@@H]1NC(=O)[C@@H](C)NC(=O)[C@@H](Cc2ccccc2)N(C)C(=O)[C@@H]2CCCN2C(=O)c2ccccc2NC1=O. The summed E-state index contributed by atoms with van der Waals surface area (Å²) in [7, 11) is 1.57. The van der Waals surface area contributed by atoms with Crippen molar-refractivity contribution in [3.63, 3.8) is 0 Å². The molecule has 5 atom stereocenters. The smallest absolute Gasteiger partial charge is 0.256 e. The lowest BCUT2D eigenvalue weighted by Crippen LogP contribution is -2.58. The average molecular weight is 562 g/mol. The van der Waals surface area contributed by atoms with Crippen molar-refractivity contribution in [2.75, 3.05) is 18.9 Å². The van der Waals surface area contributed by atoms with Crippen molar-refractivity contribution in [3.8, 4) is 0 Å². The number of fused-ring (bicyclic) bond motifs is 2. The Morgan fingerprint density at radius 3 is 2.29 bits per heavy atom. The highest BCUT2D eigenvalue weighted by atomic mass is 16.2. The van der Waals surface area contributed by atoms with Crippen LogP contribution >= 0.6 is 0 Å². The van der Waals surface area contributed by atoms with E-state index in [0.717, 1.165) is 5.56 Å². The highest BCUT2D eigenvalue weighted by Gasteiger charge is 2.40. The molecular weight excluding hydrogens is 522 g/mol. The van der Waals surface area contributed by atoms with Gasteiger partial charge >= 0.3 is 0 Å². The van der Waals surface area contributed by atoms with E-state index in [0.29, 0.717) is 31.5 Å². The van der Waals surface area contributed by atoms with E-state index in [1.54, 1.807) is 38.2 Å². The Labute approximate surface area is 240 Å². The number of rotatable bonds is 4. The van der Waals surface area contributed by atoms with E-state index in [1.807, 2.05) is 44.2 Å². The van der Waals surface area contributed by atoms with Crippen molar-refractivity contribution in [2.24, 2.45) is 5.92 Å². The van der Waals surface area contributed by atoms with E-state index in [9.17, 15) is 24.0 Å². The zero-order chi connectivity index (χ0) is 29.7. The van der Waals surface area contributed by atoms with Crippen molar-refractivity contribution in [1.29, 1.82) is 0 Å². The average Bonchev–Trinajstić information content (AvgIpc) is 3.47. The molecule has 10 nitrogen and oxygen atoms in total. The number of anilines is 1. The molecule has 41 heavy (non-hydrogen) atoms. The minimum atomic E-state index is -0.964. The van der Waals surface area contributed by atoms with Crippen LogP contribution in [-0.4, -0.2) is 77.1 Å². The zero-order valence-corrected chi connectivity index (χ0v) is 24.1. The molecule has 1 fully saturated rings. The van der Waals surface area contributed by atoms with Gasteiger partial charge in [-0.15, -0.1) is 0 Å². The van der Waals surface area contributed by atoms with E-state index in [2.05, 4.69) is 16.0 Å². The Hall–Kier alpha value is -4.21. The van der Waals surface area contributed by atoms with Gasteiger partial charge in [0.1, 0.15) is 24.2 Å². The van der Waals surface area contributed by atoms with E-state index < -0.39 is 41.9 Å². The van der Waals surface area contributed by atoms with Gasteiger partial charge in [0.15, 0.2) is 0 Å². The fraction of sp³-hybridized carbons (Fsp3) is 0.452. The summed E-state index contributed by atoms with van der Waals surface area (Å²) in [5, 5.41) is 8.38. The lowest BCUT2D eigenvalue weighted by atomic mass is 9.97. The molecule has 0 aliphatic carbocycles. The van der Waals surface area contributed by atoms with Gasteiger partial charge in [-0.25, -0.2) is 0 Å². The third-order valence-electron chi connectivity index (χ3n) is 8.15. The summed E-state index contributed by atoms with van der Waals surface area (Å²) in [6.45, 7) is 5.70. The Morgan fingerprint density at radius 1 is 0.902 bits per heavy atom. The second-order valence-corrected chi connectivity index (χ2v) is 10.9. The molecule has 2 aliphatic heterocycles. The number of carbonyl (C=O) groups is 5. The first kappa shape index (κ1) is 29.8. The van der Waals surface area contributed by atoms with Crippen molar-refractivity contribution in [3.05, 3.63) is 65.7 Å². The van der Waals surface area contributed by atoms with Crippen LogP contribution in [0.3, 0.4) is 0 Å². The maximum absolute atomic E-state index is 13.9. The summed E-state index contributed by atoms with van der Waals surface area (Å²) in [6, 6.07) is 12.5. The van der Waals surface area contributed by atoms with Crippen LogP contribution in [0.4, 0.5) is 5.69 Å². The second kappa shape index (κ2) is 13.0. The van der Waals surface area contributed by atoms with E-state index >= 15 is 0 Å². The van der Waals surface area contributed by atoms with Gasteiger partial charge in [0.25, 0.3) is 5.91 Å². The van der Waals surface area contributed by atoms with Gasteiger partial charge in [-0.1, -0.05) is 62.7 Å². The largest absolute Gasteiger partial charge is 0.343 e. The van der Waals surface area contributed by atoms with Crippen LogP contribution in [0.2, 0.25) is 0 Å². The summed E-state index contributed by atoms with van der Waals surface area (Å²) < 4.78 is 0. The Morgan fingerprint density at radius 2 is 1.59 bits per heavy atom. The molecule has 1 saturated heterocycles. The predicted molar refractivity (Wildman–Crippen MR) is 155 cm³/mol. The topological polar surface area (TPSA) is 128 Å². The Kier molecular flexibility index (Phi) is 9.42. The number of benzene rings is 2.